The SMILES string of the molecule is CCC.CNC(C)(C)C(=O)NCC(=O)OC(/C=C/CCSC(C)(C)C)CC(=O)NCc1nc(C=O)cs1. The van der Waals surface area contributed by atoms with Crippen LogP contribution in [0.3, 0.4) is 0 Å². The van der Waals surface area contributed by atoms with E-state index in [4.69, 9.17) is 4.74 Å². The second-order valence-corrected chi connectivity index (χ2v) is 12.6. The fraction of sp³-hybridized carbons (Fsp3) is 0.654. The maximum Gasteiger partial charge on any atom is 0.326 e. The number of nitrogens with one attached hydrogen (secondary N) is 3. The molecule has 3 N–H and O–H groups in total. The van der Waals surface area contributed by atoms with Gasteiger partial charge in [0.15, 0.2) is 6.29 Å². The first-order chi connectivity index (χ1) is 17.3. The number of hydrogen-bond donors (Lipinski definition) is 3. The third-order valence-corrected chi connectivity index (χ3v) is 6.73. The minimum absolute atomic E-state index is 0.0729. The van der Waals surface area contributed by atoms with Crippen LogP contribution in [0.2, 0.25) is 0 Å². The Morgan fingerprint density at radius 1 is 1.16 bits per heavy atom. The lowest BCUT2D eigenvalue weighted by Crippen LogP contribution is -2.52. The van der Waals surface area contributed by atoms with Crippen molar-refractivity contribution in [2.45, 2.75) is 90.7 Å². The molecule has 0 fully saturated rings. The summed E-state index contributed by atoms with van der Waals surface area (Å²) in [6.07, 6.45) is 5.41. The van der Waals surface area contributed by atoms with Gasteiger partial charge in [-0.3, -0.25) is 19.2 Å². The van der Waals surface area contributed by atoms with E-state index < -0.39 is 17.6 Å². The molecule has 9 nitrogen and oxygen atoms in total. The highest BCUT2D eigenvalue weighted by molar-refractivity contribution is 8.00. The maximum atomic E-state index is 12.4. The van der Waals surface area contributed by atoms with Crippen molar-refractivity contribution in [1.29, 1.82) is 0 Å². The molecule has 11 heteroatoms. The third-order valence-electron chi connectivity index (χ3n) is 4.55. The van der Waals surface area contributed by atoms with Gasteiger partial charge < -0.3 is 20.7 Å². The predicted molar refractivity (Wildman–Crippen MR) is 152 cm³/mol. The molecule has 0 radical (unpaired) electrons. The van der Waals surface area contributed by atoms with Crippen molar-refractivity contribution in [3.63, 3.8) is 0 Å². The molecule has 1 aromatic heterocycles. The van der Waals surface area contributed by atoms with Crippen LogP contribution in [0.15, 0.2) is 17.5 Å². The standard InChI is InChI=1S/C23H36N4O5S2.C3H8/c1-22(2,3)34-10-8-7-9-17(32-20(30)13-26-21(31)23(4,5)24-6)11-18(29)25-12-19-27-16(14-28)15-33-19;1-3-2/h7,9,14-15,17,24H,8,10-13H2,1-6H3,(H,25,29)(H,26,31);3H2,1-2H3/b9-7+;. The van der Waals surface area contributed by atoms with Gasteiger partial charge in [0.05, 0.1) is 18.5 Å². The van der Waals surface area contributed by atoms with Gasteiger partial charge in [-0.2, -0.15) is 11.8 Å². The lowest BCUT2D eigenvalue weighted by Gasteiger charge is -2.22. The molecular weight excluding hydrogens is 512 g/mol. The molecule has 210 valence electrons. The first-order valence-corrected chi connectivity index (χ1v) is 14.3. The van der Waals surface area contributed by atoms with Crippen molar-refractivity contribution in [3.05, 3.63) is 28.2 Å². The number of ether oxygens (including phenoxy) is 1. The Balaban J connectivity index is 0.00000410. The van der Waals surface area contributed by atoms with Crippen LogP contribution in [-0.2, 0) is 25.7 Å². The van der Waals surface area contributed by atoms with E-state index in [2.05, 4.69) is 55.6 Å². The van der Waals surface area contributed by atoms with E-state index in [1.165, 1.54) is 17.8 Å². The minimum Gasteiger partial charge on any atom is -0.456 e. The number of thiazole rings is 1. The fourth-order valence-corrected chi connectivity index (χ4v) is 3.96. The number of aldehydes is 1. The van der Waals surface area contributed by atoms with E-state index in [1.807, 2.05) is 17.8 Å². The lowest BCUT2D eigenvalue weighted by molar-refractivity contribution is -0.148. The van der Waals surface area contributed by atoms with E-state index in [0.717, 1.165) is 12.2 Å². The zero-order valence-corrected chi connectivity index (χ0v) is 25.1. The Morgan fingerprint density at radius 2 is 1.81 bits per heavy atom. The van der Waals surface area contributed by atoms with Gasteiger partial charge in [0.2, 0.25) is 11.8 Å². The molecule has 2 amide bonds. The number of carbonyl (C=O) groups is 4. The van der Waals surface area contributed by atoms with Crippen molar-refractivity contribution >= 4 is 47.2 Å². The molecule has 1 unspecified atom stereocenters. The average Bonchev–Trinajstić information content (AvgIpc) is 3.28. The van der Waals surface area contributed by atoms with Gasteiger partial charge in [-0.15, -0.1) is 11.3 Å². The fourth-order valence-electron chi connectivity index (χ4n) is 2.42. The quantitative estimate of drug-likeness (QED) is 0.136. The van der Waals surface area contributed by atoms with E-state index in [1.54, 1.807) is 32.4 Å². The van der Waals surface area contributed by atoms with E-state index in [9.17, 15) is 19.2 Å². The summed E-state index contributed by atoms with van der Waals surface area (Å²) in [7, 11) is 1.65. The summed E-state index contributed by atoms with van der Waals surface area (Å²) in [6.45, 7) is 13.9. The highest BCUT2D eigenvalue weighted by Crippen LogP contribution is 2.23. The van der Waals surface area contributed by atoms with Gasteiger partial charge >= 0.3 is 5.97 Å². The molecule has 0 saturated carbocycles. The maximum absolute atomic E-state index is 12.4. The smallest absolute Gasteiger partial charge is 0.326 e. The van der Waals surface area contributed by atoms with Gasteiger partial charge in [0.25, 0.3) is 0 Å². The summed E-state index contributed by atoms with van der Waals surface area (Å²) in [4.78, 5) is 51.7. The molecule has 1 aromatic rings. The second-order valence-electron chi connectivity index (χ2n) is 9.74. The zero-order chi connectivity index (χ0) is 28.5. The van der Waals surface area contributed by atoms with Gasteiger partial charge in [-0.1, -0.05) is 47.1 Å². The Kier molecular flexibility index (Phi) is 17.0. The first-order valence-electron chi connectivity index (χ1n) is 12.4. The molecule has 1 rings (SSSR count). The Bertz CT molecular complexity index is 879. The summed E-state index contributed by atoms with van der Waals surface area (Å²) in [5.74, 6) is -0.406. The van der Waals surface area contributed by atoms with Crippen molar-refractivity contribution in [1.82, 2.24) is 20.9 Å². The average molecular weight is 557 g/mol. The summed E-state index contributed by atoms with van der Waals surface area (Å²) in [5, 5.41) is 10.3. The molecule has 0 spiro atoms. The number of hydrogen-bond acceptors (Lipinski definition) is 9. The van der Waals surface area contributed by atoms with Crippen LogP contribution in [-0.4, -0.2) is 64.8 Å². The molecule has 0 aliphatic heterocycles. The van der Waals surface area contributed by atoms with Gasteiger partial charge in [0.1, 0.15) is 23.4 Å². The van der Waals surface area contributed by atoms with E-state index in [-0.39, 0.29) is 36.1 Å². The van der Waals surface area contributed by atoms with Crippen LogP contribution < -0.4 is 16.0 Å². The third kappa shape index (κ3) is 17.0. The molecule has 0 aliphatic carbocycles. The van der Waals surface area contributed by atoms with Gasteiger partial charge in [0, 0.05) is 10.1 Å². The number of amides is 2. The van der Waals surface area contributed by atoms with Crippen LogP contribution in [0.25, 0.3) is 0 Å². The lowest BCUT2D eigenvalue weighted by atomic mass is 10.1. The Morgan fingerprint density at radius 3 is 2.35 bits per heavy atom. The highest BCUT2D eigenvalue weighted by atomic mass is 32.2. The molecule has 1 atom stereocenters. The number of rotatable bonds is 14. The van der Waals surface area contributed by atoms with Crippen molar-refractivity contribution in [2.75, 3.05) is 19.3 Å². The second kappa shape index (κ2) is 18.1. The predicted octanol–water partition coefficient (Wildman–Crippen LogP) is 3.88. The van der Waals surface area contributed by atoms with Gasteiger partial charge in [-0.25, -0.2) is 4.98 Å². The number of carbonyl (C=O) groups excluding carboxylic acids is 4. The van der Waals surface area contributed by atoms with Crippen molar-refractivity contribution in [3.8, 4) is 0 Å². The Hall–Kier alpha value is -2.24. The zero-order valence-electron chi connectivity index (χ0n) is 23.4. The number of likely N-dealkylation sites (N-methyl/N-ethyl adjacent to an activating group) is 1. The topological polar surface area (TPSA) is 126 Å². The summed E-state index contributed by atoms with van der Waals surface area (Å²) in [5.41, 5.74) is -0.510. The van der Waals surface area contributed by atoms with E-state index >= 15 is 0 Å². The number of nitrogens with zero attached hydrogens (tertiary/aromatic N) is 1. The molecule has 1 heterocycles. The van der Waals surface area contributed by atoms with Crippen molar-refractivity contribution < 1.29 is 23.9 Å². The number of allylic oxidation sites excluding steroid dienone is 1. The van der Waals surface area contributed by atoms with Crippen LogP contribution in [0.1, 0.15) is 83.2 Å². The molecular formula is C26H44N4O5S2. The number of aromatic nitrogens is 1. The van der Waals surface area contributed by atoms with Crippen LogP contribution in [0.5, 0.6) is 0 Å². The Labute approximate surface area is 230 Å². The monoisotopic (exact) mass is 556 g/mol. The minimum atomic E-state index is -0.830. The number of esters is 1. The molecule has 0 bridgehead atoms. The first kappa shape index (κ1) is 34.8. The normalized spacial score (nSPS) is 12.3. The van der Waals surface area contributed by atoms with Gasteiger partial charge in [-0.05, 0) is 39.1 Å². The number of thioether (sulfide) groups is 1. The largest absolute Gasteiger partial charge is 0.456 e. The van der Waals surface area contributed by atoms with Crippen LogP contribution >= 0.6 is 23.1 Å². The molecule has 0 saturated heterocycles. The molecule has 0 aromatic carbocycles. The summed E-state index contributed by atoms with van der Waals surface area (Å²) in [6, 6.07) is 0. The van der Waals surface area contributed by atoms with E-state index in [0.29, 0.717) is 17.0 Å². The summed E-state index contributed by atoms with van der Waals surface area (Å²) < 4.78 is 5.60. The van der Waals surface area contributed by atoms with Crippen LogP contribution in [0, 0.1) is 0 Å². The van der Waals surface area contributed by atoms with Crippen molar-refractivity contribution in [2.24, 2.45) is 0 Å². The summed E-state index contributed by atoms with van der Waals surface area (Å²) >= 11 is 3.09. The molecule has 0 aliphatic rings. The molecule has 37 heavy (non-hydrogen) atoms. The van der Waals surface area contributed by atoms with Crippen LogP contribution in [0.4, 0.5) is 0 Å². The highest BCUT2D eigenvalue weighted by Gasteiger charge is 2.26.